The number of allylic oxidation sites excluding steroid dienone is 4. The van der Waals surface area contributed by atoms with Crippen molar-refractivity contribution in [2.24, 2.45) is 0 Å². The van der Waals surface area contributed by atoms with E-state index in [2.05, 4.69) is 35.8 Å². The van der Waals surface area contributed by atoms with Crippen LogP contribution in [0.2, 0.25) is 0 Å². The third-order valence-corrected chi connectivity index (χ3v) is 4.69. The molecule has 0 unspecified atom stereocenters. The number of carbonyl (C=O) groups excluding carboxylic acids is 1. The van der Waals surface area contributed by atoms with Gasteiger partial charge in [0.1, 0.15) is 12.7 Å². The SMILES string of the molecule is CCCCC/C=C/C/C=C/CCCCCCCC(=O)OC[C@@H](O)COP(=O)(O)O.[Na]. The first-order valence-electron chi connectivity index (χ1n) is 10.7. The number of ether oxygens (including phenoxy) is 1. The van der Waals surface area contributed by atoms with Crippen LogP contribution in [0.4, 0.5) is 0 Å². The van der Waals surface area contributed by atoms with Crippen LogP contribution in [0.3, 0.4) is 0 Å². The maximum atomic E-state index is 11.5. The van der Waals surface area contributed by atoms with Gasteiger partial charge in [-0.05, 0) is 38.5 Å². The fourth-order valence-electron chi connectivity index (χ4n) is 2.57. The van der Waals surface area contributed by atoms with Crippen molar-refractivity contribution < 1.29 is 33.5 Å². The topological polar surface area (TPSA) is 113 Å². The summed E-state index contributed by atoms with van der Waals surface area (Å²) in [5.41, 5.74) is 0. The molecule has 7 nitrogen and oxygen atoms in total. The minimum atomic E-state index is -4.62. The van der Waals surface area contributed by atoms with Gasteiger partial charge in [0, 0.05) is 36.0 Å². The van der Waals surface area contributed by atoms with E-state index in [1.54, 1.807) is 0 Å². The van der Waals surface area contributed by atoms with E-state index in [1.165, 1.54) is 25.7 Å². The zero-order valence-corrected chi connectivity index (χ0v) is 21.6. The molecular formula is C21H39NaO7P. The van der Waals surface area contributed by atoms with Gasteiger partial charge in [0.25, 0.3) is 0 Å². The number of phosphoric acid groups is 1. The predicted molar refractivity (Wildman–Crippen MR) is 120 cm³/mol. The van der Waals surface area contributed by atoms with Crippen molar-refractivity contribution in [3.05, 3.63) is 24.3 Å². The Morgan fingerprint density at radius 3 is 2.07 bits per heavy atom. The molecule has 0 saturated carbocycles. The van der Waals surface area contributed by atoms with Crippen molar-refractivity contribution in [2.75, 3.05) is 13.2 Å². The van der Waals surface area contributed by atoms with Gasteiger partial charge in [0.05, 0.1) is 6.61 Å². The van der Waals surface area contributed by atoms with Crippen molar-refractivity contribution in [2.45, 2.75) is 90.1 Å². The van der Waals surface area contributed by atoms with E-state index in [1.807, 2.05) is 0 Å². The molecule has 171 valence electrons. The van der Waals surface area contributed by atoms with Gasteiger partial charge >= 0.3 is 13.8 Å². The Morgan fingerprint density at radius 2 is 1.47 bits per heavy atom. The fourth-order valence-corrected chi connectivity index (χ4v) is 2.94. The van der Waals surface area contributed by atoms with Crippen molar-refractivity contribution in [1.82, 2.24) is 0 Å². The molecule has 0 aliphatic heterocycles. The fraction of sp³-hybridized carbons (Fsp3) is 0.762. The Kier molecular flexibility index (Phi) is 23.9. The van der Waals surface area contributed by atoms with Gasteiger partial charge < -0.3 is 19.6 Å². The Labute approximate surface area is 203 Å². The zero-order valence-electron chi connectivity index (χ0n) is 18.7. The molecule has 0 aliphatic carbocycles. The van der Waals surface area contributed by atoms with Crippen molar-refractivity contribution in [3.8, 4) is 0 Å². The van der Waals surface area contributed by atoms with E-state index in [-0.39, 0.29) is 42.6 Å². The van der Waals surface area contributed by atoms with Crippen LogP contribution >= 0.6 is 7.82 Å². The average Bonchev–Trinajstić information content (AvgIpc) is 2.67. The molecule has 0 rings (SSSR count). The molecule has 1 atom stereocenters. The minimum absolute atomic E-state index is 0. The predicted octanol–water partition coefficient (Wildman–Crippen LogP) is 4.43. The summed E-state index contributed by atoms with van der Waals surface area (Å²) < 4.78 is 19.5. The van der Waals surface area contributed by atoms with Gasteiger partial charge in [-0.3, -0.25) is 9.32 Å². The summed E-state index contributed by atoms with van der Waals surface area (Å²) in [6, 6.07) is 0. The second-order valence-electron chi connectivity index (χ2n) is 7.10. The number of hydrogen-bond donors (Lipinski definition) is 3. The third-order valence-electron chi connectivity index (χ3n) is 4.20. The molecule has 0 aromatic rings. The molecule has 3 N–H and O–H groups in total. The summed E-state index contributed by atoms with van der Waals surface area (Å²) in [5.74, 6) is -0.425. The van der Waals surface area contributed by atoms with E-state index in [0.717, 1.165) is 44.9 Å². The van der Waals surface area contributed by atoms with E-state index >= 15 is 0 Å². The minimum Gasteiger partial charge on any atom is -0.463 e. The summed E-state index contributed by atoms with van der Waals surface area (Å²) >= 11 is 0. The molecule has 0 fully saturated rings. The number of phosphoric ester groups is 1. The van der Waals surface area contributed by atoms with Crippen LogP contribution in [0.15, 0.2) is 24.3 Å². The van der Waals surface area contributed by atoms with Gasteiger partial charge in [-0.2, -0.15) is 0 Å². The molecule has 0 amide bonds. The van der Waals surface area contributed by atoms with Crippen LogP contribution in [0.1, 0.15) is 84.0 Å². The molecule has 0 saturated heterocycles. The quantitative estimate of drug-likeness (QED) is 0.0864. The standard InChI is InChI=1S/C21H39O7P.Na/c1-2-3-4-5-6-7-8-9-10-11-12-13-14-15-16-17-21(23)27-18-20(22)19-28-29(24,25)26;/h6-7,9-10,20,22H,2-5,8,11-19H2,1H3,(H2,24,25,26);/b7-6+,10-9+;/t20-;/m1./s1. The maximum absolute atomic E-state index is 11.5. The summed E-state index contributed by atoms with van der Waals surface area (Å²) in [5, 5.41) is 9.41. The molecule has 0 bridgehead atoms. The molecule has 9 heteroatoms. The van der Waals surface area contributed by atoms with Crippen LogP contribution in [-0.2, 0) is 18.6 Å². The number of esters is 1. The van der Waals surface area contributed by atoms with Gasteiger partial charge in [0.15, 0.2) is 0 Å². The summed E-state index contributed by atoms with van der Waals surface area (Å²) in [6.07, 6.45) is 20.1. The van der Waals surface area contributed by atoms with Gasteiger partial charge in [0.2, 0.25) is 0 Å². The monoisotopic (exact) mass is 457 g/mol. The second-order valence-corrected chi connectivity index (χ2v) is 8.34. The third kappa shape index (κ3) is 26.1. The van der Waals surface area contributed by atoms with Crippen molar-refractivity contribution >= 4 is 43.3 Å². The molecule has 0 aromatic heterocycles. The Morgan fingerprint density at radius 1 is 0.900 bits per heavy atom. The summed E-state index contributed by atoms with van der Waals surface area (Å²) in [6.45, 7) is 1.30. The molecule has 0 aromatic carbocycles. The van der Waals surface area contributed by atoms with E-state index < -0.39 is 26.5 Å². The first kappa shape index (κ1) is 32.2. The number of aliphatic hydroxyl groups excluding tert-OH is 1. The molecule has 0 aliphatic rings. The van der Waals surface area contributed by atoms with Gasteiger partial charge in [-0.15, -0.1) is 0 Å². The van der Waals surface area contributed by atoms with Gasteiger partial charge in [-0.1, -0.05) is 63.3 Å². The molecule has 0 heterocycles. The summed E-state index contributed by atoms with van der Waals surface area (Å²) in [4.78, 5) is 28.6. The average molecular weight is 458 g/mol. The van der Waals surface area contributed by atoms with Crippen LogP contribution in [0.25, 0.3) is 0 Å². The number of aliphatic hydroxyl groups is 1. The van der Waals surface area contributed by atoms with Crippen molar-refractivity contribution in [3.63, 3.8) is 0 Å². The van der Waals surface area contributed by atoms with Crippen LogP contribution in [-0.4, -0.2) is 69.7 Å². The second kappa shape index (κ2) is 22.2. The Bertz CT molecular complexity index is 506. The smallest absolute Gasteiger partial charge is 0.463 e. The van der Waals surface area contributed by atoms with Gasteiger partial charge in [-0.25, -0.2) is 4.57 Å². The number of carbonyl (C=O) groups is 1. The normalized spacial score (nSPS) is 12.9. The largest absolute Gasteiger partial charge is 0.469 e. The number of hydrogen-bond acceptors (Lipinski definition) is 5. The number of unbranched alkanes of at least 4 members (excludes halogenated alkanes) is 8. The molecule has 1 radical (unpaired) electrons. The van der Waals surface area contributed by atoms with Crippen molar-refractivity contribution in [1.29, 1.82) is 0 Å². The van der Waals surface area contributed by atoms with Crippen LogP contribution < -0.4 is 0 Å². The Hall–Kier alpha value is 0.0200. The first-order chi connectivity index (χ1) is 13.8. The van der Waals surface area contributed by atoms with Crippen LogP contribution in [0, 0.1) is 0 Å². The molecule has 0 spiro atoms. The van der Waals surface area contributed by atoms with E-state index in [4.69, 9.17) is 14.5 Å². The van der Waals surface area contributed by atoms with E-state index in [0.29, 0.717) is 0 Å². The molecule has 30 heavy (non-hydrogen) atoms. The molecular weight excluding hydrogens is 418 g/mol. The maximum Gasteiger partial charge on any atom is 0.469 e. The first-order valence-corrected chi connectivity index (χ1v) is 12.2. The van der Waals surface area contributed by atoms with E-state index in [9.17, 15) is 14.5 Å². The Balaban J connectivity index is 0. The summed E-state index contributed by atoms with van der Waals surface area (Å²) in [7, 11) is -4.62. The number of rotatable bonds is 19. The zero-order chi connectivity index (χ0) is 21.8. The van der Waals surface area contributed by atoms with Crippen LogP contribution in [0.5, 0.6) is 0 Å².